The average molecular weight is 517 g/mol. The average Bonchev–Trinajstić information content (AvgIpc) is 3.43. The maximum Gasteiger partial charge on any atom is 0.296 e. The van der Waals surface area contributed by atoms with Crippen LogP contribution in [0.15, 0.2) is 78.9 Å². The van der Waals surface area contributed by atoms with Crippen molar-refractivity contribution in [2.24, 2.45) is 7.05 Å². The predicted molar refractivity (Wildman–Crippen MR) is 161 cm³/mol. The van der Waals surface area contributed by atoms with Gasteiger partial charge in [-0.1, -0.05) is 69.3 Å². The molecule has 4 aromatic carbocycles. The number of hydrogen-bond donors (Lipinski definition) is 0. The van der Waals surface area contributed by atoms with Crippen LogP contribution in [0.3, 0.4) is 0 Å². The van der Waals surface area contributed by atoms with Gasteiger partial charge in [-0.05, 0) is 78.8 Å². The zero-order valence-corrected chi connectivity index (χ0v) is 24.1. The van der Waals surface area contributed by atoms with Crippen LogP contribution in [0.25, 0.3) is 48.9 Å². The van der Waals surface area contributed by atoms with Crippen LogP contribution in [-0.4, -0.2) is 9.55 Å². The lowest BCUT2D eigenvalue weighted by atomic mass is 9.87. The predicted octanol–water partition coefficient (Wildman–Crippen LogP) is 8.62. The molecular weight excluding hydrogens is 482 g/mol. The monoisotopic (exact) mass is 516 g/mol. The molecule has 4 heteroatoms. The second-order valence-electron chi connectivity index (χ2n) is 11.4. The highest BCUT2D eigenvalue weighted by atomic mass is 32.1. The van der Waals surface area contributed by atoms with E-state index in [2.05, 4.69) is 137 Å². The normalized spacial score (nSPS) is 12.1. The molecule has 2 heterocycles. The van der Waals surface area contributed by atoms with Gasteiger partial charge in [-0.2, -0.15) is 4.57 Å². The highest BCUT2D eigenvalue weighted by Crippen LogP contribution is 2.41. The summed E-state index contributed by atoms with van der Waals surface area (Å²) in [4.78, 5) is 5.16. The Morgan fingerprint density at radius 2 is 1.39 bits per heavy atom. The Kier molecular flexibility index (Phi) is 5.77. The maximum atomic E-state index is 5.16. The van der Waals surface area contributed by atoms with Crippen molar-refractivity contribution in [3.8, 4) is 27.6 Å². The minimum absolute atomic E-state index is 0.111. The van der Waals surface area contributed by atoms with E-state index >= 15 is 0 Å². The molecule has 6 aromatic rings. The molecule has 0 aliphatic carbocycles. The fourth-order valence-electron chi connectivity index (χ4n) is 5.59. The number of aryl methyl sites for hydroxylation is 4. The number of imidazole rings is 1. The molecule has 0 aliphatic heterocycles. The summed E-state index contributed by atoms with van der Waals surface area (Å²) < 4.78 is 5.99. The summed E-state index contributed by atoms with van der Waals surface area (Å²) >= 11 is 1.80. The Labute approximate surface area is 229 Å². The number of hydrogen-bond acceptors (Lipinski definition) is 2. The quantitative estimate of drug-likeness (QED) is 0.216. The minimum Gasteiger partial charge on any atom is -0.236 e. The Bertz CT molecular complexity index is 1810. The van der Waals surface area contributed by atoms with Crippen molar-refractivity contribution in [2.75, 3.05) is 0 Å². The Morgan fingerprint density at radius 3 is 2.08 bits per heavy atom. The van der Waals surface area contributed by atoms with Gasteiger partial charge in [0.1, 0.15) is 10.7 Å². The largest absolute Gasteiger partial charge is 0.296 e. The van der Waals surface area contributed by atoms with Gasteiger partial charge in [0.05, 0.1) is 22.8 Å². The van der Waals surface area contributed by atoms with E-state index in [0.29, 0.717) is 0 Å². The molecule has 0 spiro atoms. The van der Waals surface area contributed by atoms with E-state index in [9.17, 15) is 0 Å². The number of aromatic nitrogens is 3. The molecule has 2 aromatic heterocycles. The molecule has 190 valence electrons. The van der Waals surface area contributed by atoms with Gasteiger partial charge in [0.2, 0.25) is 0 Å². The van der Waals surface area contributed by atoms with Gasteiger partial charge in [0, 0.05) is 5.56 Å². The van der Waals surface area contributed by atoms with Crippen molar-refractivity contribution >= 4 is 32.6 Å². The SMILES string of the molecule is Cc1cccc(C)c1-c1nc2ccc(C)c(-c3n(-c4ccc(C(C)(C)C)cc4)c4ccccc4[n+]3C)c2s1. The van der Waals surface area contributed by atoms with Crippen molar-refractivity contribution in [3.63, 3.8) is 0 Å². The summed E-state index contributed by atoms with van der Waals surface area (Å²) in [6.07, 6.45) is 0. The van der Waals surface area contributed by atoms with Gasteiger partial charge >= 0.3 is 0 Å². The standard InChI is InChI=1S/C34H34N3S/c1-21-11-10-12-22(2)29(21)32-35-26-20-15-23(3)30(31(26)38-32)33-36(7)27-13-8-9-14-28(27)37(33)25-18-16-24(17-19-25)34(4,5)6/h8-20H,1-7H3/q+1. The van der Waals surface area contributed by atoms with Gasteiger partial charge in [-0.3, -0.25) is 0 Å². The van der Waals surface area contributed by atoms with E-state index in [1.54, 1.807) is 11.3 Å². The number of fused-ring (bicyclic) bond motifs is 2. The lowest BCUT2D eigenvalue weighted by Gasteiger charge is -2.18. The van der Waals surface area contributed by atoms with Crippen molar-refractivity contribution in [1.29, 1.82) is 0 Å². The molecule has 0 unspecified atom stereocenters. The van der Waals surface area contributed by atoms with E-state index in [4.69, 9.17) is 4.98 Å². The number of rotatable bonds is 3. The second kappa shape index (κ2) is 8.92. The Hall–Kier alpha value is -3.76. The fourth-order valence-corrected chi connectivity index (χ4v) is 6.93. The third kappa shape index (κ3) is 3.86. The van der Waals surface area contributed by atoms with Gasteiger partial charge in [-0.15, -0.1) is 11.3 Å². The molecule has 6 rings (SSSR count). The van der Waals surface area contributed by atoms with Crippen LogP contribution in [0.5, 0.6) is 0 Å². The van der Waals surface area contributed by atoms with Gasteiger partial charge < -0.3 is 0 Å². The molecule has 0 fully saturated rings. The van der Waals surface area contributed by atoms with Crippen molar-refractivity contribution in [2.45, 2.75) is 47.0 Å². The topological polar surface area (TPSA) is 21.7 Å². The van der Waals surface area contributed by atoms with Crippen LogP contribution in [0.1, 0.15) is 43.0 Å². The molecule has 0 radical (unpaired) electrons. The third-order valence-electron chi connectivity index (χ3n) is 7.69. The summed E-state index contributed by atoms with van der Waals surface area (Å²) in [5.74, 6) is 1.18. The first-order chi connectivity index (χ1) is 18.1. The van der Waals surface area contributed by atoms with E-state index in [1.165, 1.54) is 60.6 Å². The van der Waals surface area contributed by atoms with E-state index < -0.39 is 0 Å². The minimum atomic E-state index is 0.111. The highest BCUT2D eigenvalue weighted by Gasteiger charge is 2.30. The molecule has 0 amide bonds. The van der Waals surface area contributed by atoms with Gasteiger partial charge in [-0.25, -0.2) is 9.55 Å². The van der Waals surface area contributed by atoms with Crippen LogP contribution in [-0.2, 0) is 12.5 Å². The third-order valence-corrected chi connectivity index (χ3v) is 8.80. The van der Waals surface area contributed by atoms with Crippen LogP contribution >= 0.6 is 11.3 Å². The first-order valence-corrected chi connectivity index (χ1v) is 14.0. The number of nitrogens with zero attached hydrogens (tertiary/aromatic N) is 3. The summed E-state index contributed by atoms with van der Waals surface area (Å²) in [7, 11) is 2.18. The molecule has 0 N–H and O–H groups in total. The summed E-state index contributed by atoms with van der Waals surface area (Å²) in [5.41, 5.74) is 12.3. The molecule has 0 saturated heterocycles. The number of para-hydroxylation sites is 2. The van der Waals surface area contributed by atoms with E-state index in [1.807, 2.05) is 0 Å². The molecule has 0 bridgehead atoms. The summed E-state index contributed by atoms with van der Waals surface area (Å²) in [6, 6.07) is 28.6. The number of thiazole rings is 1. The Morgan fingerprint density at radius 1 is 0.737 bits per heavy atom. The number of benzene rings is 4. The first-order valence-electron chi connectivity index (χ1n) is 13.2. The smallest absolute Gasteiger partial charge is 0.236 e. The molecule has 0 saturated carbocycles. The second-order valence-corrected chi connectivity index (χ2v) is 12.4. The lowest BCUT2D eigenvalue weighted by Crippen LogP contribution is -2.30. The van der Waals surface area contributed by atoms with Crippen molar-refractivity contribution < 1.29 is 4.57 Å². The zero-order chi connectivity index (χ0) is 26.8. The fraction of sp³-hybridized carbons (Fsp3) is 0.235. The molecule has 3 nitrogen and oxygen atoms in total. The van der Waals surface area contributed by atoms with Crippen molar-refractivity contribution in [1.82, 2.24) is 9.55 Å². The van der Waals surface area contributed by atoms with Gasteiger partial charge in [0.25, 0.3) is 5.82 Å². The van der Waals surface area contributed by atoms with Gasteiger partial charge in [0.15, 0.2) is 11.0 Å². The lowest BCUT2D eigenvalue weighted by molar-refractivity contribution is -0.633. The summed E-state index contributed by atoms with van der Waals surface area (Å²) in [5, 5.41) is 1.09. The zero-order valence-electron chi connectivity index (χ0n) is 23.3. The maximum absolute atomic E-state index is 5.16. The first kappa shape index (κ1) is 24.6. The van der Waals surface area contributed by atoms with Crippen LogP contribution < -0.4 is 4.57 Å². The molecule has 0 atom stereocenters. The highest BCUT2D eigenvalue weighted by molar-refractivity contribution is 7.22. The van der Waals surface area contributed by atoms with Crippen LogP contribution in [0.2, 0.25) is 0 Å². The molecular formula is C34H34N3S+. The molecule has 0 aliphatic rings. The van der Waals surface area contributed by atoms with Crippen LogP contribution in [0.4, 0.5) is 0 Å². The summed E-state index contributed by atoms with van der Waals surface area (Å²) in [6.45, 7) is 13.4. The van der Waals surface area contributed by atoms with E-state index in [-0.39, 0.29) is 5.41 Å². The Balaban J connectivity index is 1.66. The van der Waals surface area contributed by atoms with Crippen molar-refractivity contribution in [3.05, 3.63) is 101 Å². The molecule has 38 heavy (non-hydrogen) atoms. The van der Waals surface area contributed by atoms with E-state index in [0.717, 1.165) is 10.5 Å². The van der Waals surface area contributed by atoms with Crippen LogP contribution in [0, 0.1) is 20.8 Å².